The van der Waals surface area contributed by atoms with Crippen LogP contribution in [-0.2, 0) is 6.54 Å². The monoisotopic (exact) mass is 517 g/mol. The standard InChI is InChI=1S/C20H25F2N5O.HI/c1-14-6-5-7-15(25-14)12-24-20(23-2)26-16-10-11-27(13-16)17-8-3-4-9-18(17)28-19(21)22;/h3-9,16,19H,10-13H2,1-2H3,(H2,23,24,26);1H. The molecule has 0 saturated carbocycles. The van der Waals surface area contributed by atoms with Gasteiger partial charge in [-0.15, -0.1) is 24.0 Å². The van der Waals surface area contributed by atoms with E-state index in [1.807, 2.05) is 36.1 Å². The summed E-state index contributed by atoms with van der Waals surface area (Å²) in [7, 11) is 1.72. The van der Waals surface area contributed by atoms with Gasteiger partial charge in [-0.2, -0.15) is 8.78 Å². The maximum absolute atomic E-state index is 12.6. The molecule has 1 saturated heterocycles. The van der Waals surface area contributed by atoms with E-state index in [9.17, 15) is 8.78 Å². The normalized spacial score (nSPS) is 16.5. The summed E-state index contributed by atoms with van der Waals surface area (Å²) >= 11 is 0. The SMILES string of the molecule is CN=C(NCc1cccc(C)n1)NC1CCN(c2ccccc2OC(F)F)C1.I. The number of pyridine rings is 1. The number of nitrogens with one attached hydrogen (secondary N) is 2. The molecule has 0 spiro atoms. The first-order chi connectivity index (χ1) is 13.5. The summed E-state index contributed by atoms with van der Waals surface area (Å²) in [5.74, 6) is 0.887. The van der Waals surface area contributed by atoms with Gasteiger partial charge in [0.1, 0.15) is 5.75 Å². The minimum atomic E-state index is -2.84. The lowest BCUT2D eigenvalue weighted by atomic mass is 10.2. The molecule has 1 aromatic heterocycles. The molecule has 158 valence electrons. The van der Waals surface area contributed by atoms with Crippen LogP contribution in [0.4, 0.5) is 14.5 Å². The summed E-state index contributed by atoms with van der Waals surface area (Å²) in [6.07, 6.45) is 0.867. The predicted molar refractivity (Wildman–Crippen MR) is 121 cm³/mol. The van der Waals surface area contributed by atoms with Gasteiger partial charge >= 0.3 is 6.61 Å². The number of aromatic nitrogens is 1. The van der Waals surface area contributed by atoms with Crippen LogP contribution in [0, 0.1) is 6.92 Å². The number of para-hydroxylation sites is 2. The number of halogens is 3. The fraction of sp³-hybridized carbons (Fsp3) is 0.400. The molecular formula is C20H26F2IN5O. The van der Waals surface area contributed by atoms with E-state index in [0.717, 1.165) is 24.4 Å². The van der Waals surface area contributed by atoms with Gasteiger partial charge < -0.3 is 20.3 Å². The molecule has 0 aliphatic carbocycles. The maximum Gasteiger partial charge on any atom is 0.387 e. The third-order valence-corrected chi connectivity index (χ3v) is 4.56. The van der Waals surface area contributed by atoms with Crippen molar-refractivity contribution < 1.29 is 13.5 Å². The Bertz CT molecular complexity index is 821. The van der Waals surface area contributed by atoms with E-state index in [0.29, 0.717) is 24.7 Å². The van der Waals surface area contributed by atoms with Gasteiger partial charge in [-0.3, -0.25) is 9.98 Å². The van der Waals surface area contributed by atoms with Gasteiger partial charge in [0.25, 0.3) is 0 Å². The third kappa shape index (κ3) is 6.69. The zero-order valence-electron chi connectivity index (χ0n) is 16.4. The summed E-state index contributed by atoms with van der Waals surface area (Å²) in [6.45, 7) is 1.11. The number of aryl methyl sites for hydroxylation is 1. The van der Waals surface area contributed by atoms with Crippen molar-refractivity contribution in [3.05, 3.63) is 53.9 Å². The second kappa shape index (κ2) is 11.1. The molecule has 1 aliphatic rings. The number of nitrogens with zero attached hydrogens (tertiary/aromatic N) is 3. The molecule has 1 fully saturated rings. The second-order valence-corrected chi connectivity index (χ2v) is 6.62. The Morgan fingerprint density at radius 1 is 1.28 bits per heavy atom. The Morgan fingerprint density at radius 3 is 2.79 bits per heavy atom. The van der Waals surface area contributed by atoms with Gasteiger partial charge in [-0.05, 0) is 37.6 Å². The van der Waals surface area contributed by atoms with Crippen LogP contribution in [0.25, 0.3) is 0 Å². The highest BCUT2D eigenvalue weighted by molar-refractivity contribution is 14.0. The molecule has 1 aromatic carbocycles. The van der Waals surface area contributed by atoms with Gasteiger partial charge in [0, 0.05) is 31.9 Å². The largest absolute Gasteiger partial charge is 0.433 e. The molecular weight excluding hydrogens is 491 g/mol. The van der Waals surface area contributed by atoms with E-state index >= 15 is 0 Å². The molecule has 2 heterocycles. The molecule has 6 nitrogen and oxygen atoms in total. The number of guanidine groups is 1. The van der Waals surface area contributed by atoms with Crippen molar-refractivity contribution in [3.63, 3.8) is 0 Å². The third-order valence-electron chi connectivity index (χ3n) is 4.56. The van der Waals surface area contributed by atoms with Crippen LogP contribution >= 0.6 is 24.0 Å². The number of anilines is 1. The molecule has 1 aliphatic heterocycles. The average Bonchev–Trinajstić information content (AvgIpc) is 3.13. The van der Waals surface area contributed by atoms with Gasteiger partial charge in [0.15, 0.2) is 5.96 Å². The Hall–Kier alpha value is -2.17. The molecule has 0 amide bonds. The zero-order chi connectivity index (χ0) is 19.9. The zero-order valence-corrected chi connectivity index (χ0v) is 18.8. The first-order valence-electron chi connectivity index (χ1n) is 9.23. The van der Waals surface area contributed by atoms with Crippen LogP contribution in [0.3, 0.4) is 0 Å². The number of alkyl halides is 2. The number of hydrogen-bond acceptors (Lipinski definition) is 4. The molecule has 1 unspecified atom stereocenters. The average molecular weight is 517 g/mol. The van der Waals surface area contributed by atoms with Gasteiger partial charge in [0.05, 0.1) is 17.9 Å². The van der Waals surface area contributed by atoms with Crippen molar-refractivity contribution in [3.8, 4) is 5.75 Å². The van der Waals surface area contributed by atoms with Crippen LogP contribution in [-0.4, -0.2) is 43.7 Å². The summed E-state index contributed by atoms with van der Waals surface area (Å²) in [5.41, 5.74) is 2.59. The van der Waals surface area contributed by atoms with Crippen LogP contribution < -0.4 is 20.3 Å². The van der Waals surface area contributed by atoms with Crippen LogP contribution in [0.15, 0.2) is 47.5 Å². The Kier molecular flexibility index (Phi) is 8.87. The molecule has 3 rings (SSSR count). The van der Waals surface area contributed by atoms with Crippen LogP contribution in [0.1, 0.15) is 17.8 Å². The van der Waals surface area contributed by atoms with Crippen molar-refractivity contribution in [1.29, 1.82) is 0 Å². The molecule has 0 radical (unpaired) electrons. The predicted octanol–water partition coefficient (Wildman–Crippen LogP) is 3.55. The van der Waals surface area contributed by atoms with E-state index in [-0.39, 0.29) is 35.8 Å². The number of ether oxygens (including phenoxy) is 1. The van der Waals surface area contributed by atoms with Gasteiger partial charge in [-0.1, -0.05) is 18.2 Å². The smallest absolute Gasteiger partial charge is 0.387 e. The summed E-state index contributed by atoms with van der Waals surface area (Å²) in [4.78, 5) is 10.8. The lowest BCUT2D eigenvalue weighted by molar-refractivity contribution is -0.0495. The van der Waals surface area contributed by atoms with Crippen molar-refractivity contribution in [2.24, 2.45) is 4.99 Å². The minimum Gasteiger partial charge on any atom is -0.433 e. The van der Waals surface area contributed by atoms with E-state index in [1.165, 1.54) is 0 Å². The Morgan fingerprint density at radius 2 is 2.07 bits per heavy atom. The molecule has 2 N–H and O–H groups in total. The van der Waals surface area contributed by atoms with Crippen LogP contribution in [0.5, 0.6) is 5.75 Å². The molecule has 1 atom stereocenters. The molecule has 0 bridgehead atoms. The highest BCUT2D eigenvalue weighted by atomic mass is 127. The lowest BCUT2D eigenvalue weighted by Crippen LogP contribution is -2.44. The molecule has 2 aromatic rings. The fourth-order valence-electron chi connectivity index (χ4n) is 3.27. The first kappa shape index (κ1) is 23.1. The Labute approximate surface area is 186 Å². The highest BCUT2D eigenvalue weighted by Crippen LogP contribution is 2.31. The fourth-order valence-corrected chi connectivity index (χ4v) is 3.27. The van der Waals surface area contributed by atoms with Crippen molar-refractivity contribution in [2.45, 2.75) is 32.5 Å². The van der Waals surface area contributed by atoms with Crippen molar-refractivity contribution in [2.75, 3.05) is 25.0 Å². The van der Waals surface area contributed by atoms with E-state index < -0.39 is 6.61 Å². The second-order valence-electron chi connectivity index (χ2n) is 6.62. The minimum absolute atomic E-state index is 0. The van der Waals surface area contributed by atoms with E-state index in [2.05, 4.69) is 25.3 Å². The van der Waals surface area contributed by atoms with Gasteiger partial charge in [-0.25, -0.2) is 0 Å². The Balaban J connectivity index is 0.00000300. The highest BCUT2D eigenvalue weighted by Gasteiger charge is 2.26. The first-order valence-corrected chi connectivity index (χ1v) is 9.23. The van der Waals surface area contributed by atoms with Crippen LogP contribution in [0.2, 0.25) is 0 Å². The quantitative estimate of drug-likeness (QED) is 0.349. The number of aliphatic imine (C=N–C) groups is 1. The van der Waals surface area contributed by atoms with E-state index in [1.54, 1.807) is 25.2 Å². The summed E-state index contributed by atoms with van der Waals surface area (Å²) in [6, 6.07) is 12.9. The summed E-state index contributed by atoms with van der Waals surface area (Å²) in [5, 5.41) is 6.66. The van der Waals surface area contributed by atoms with Gasteiger partial charge in [0.2, 0.25) is 0 Å². The summed E-state index contributed by atoms with van der Waals surface area (Å²) < 4.78 is 30.0. The molecule has 9 heteroatoms. The number of rotatable bonds is 6. The van der Waals surface area contributed by atoms with Crippen molar-refractivity contribution >= 4 is 35.6 Å². The lowest BCUT2D eigenvalue weighted by Gasteiger charge is -2.22. The topological polar surface area (TPSA) is 61.8 Å². The van der Waals surface area contributed by atoms with Crippen molar-refractivity contribution in [1.82, 2.24) is 15.6 Å². The maximum atomic E-state index is 12.6. The number of benzene rings is 1. The molecule has 29 heavy (non-hydrogen) atoms. The van der Waals surface area contributed by atoms with E-state index in [4.69, 9.17) is 0 Å². The number of hydrogen-bond donors (Lipinski definition) is 2.